The molecular formula is C24H33N. The third-order valence-electron chi connectivity index (χ3n) is 4.63. The van der Waals surface area contributed by atoms with Gasteiger partial charge in [-0.1, -0.05) is 92.4 Å². The van der Waals surface area contributed by atoms with Gasteiger partial charge < -0.3 is 0 Å². The minimum absolute atomic E-state index is 1.04. The van der Waals surface area contributed by atoms with Crippen molar-refractivity contribution in [3.8, 4) is 0 Å². The molecule has 0 heterocycles. The molecule has 1 heteroatoms. The molecule has 2 aromatic carbocycles. The van der Waals surface area contributed by atoms with E-state index in [1.54, 1.807) is 0 Å². The van der Waals surface area contributed by atoms with E-state index in [-0.39, 0.29) is 0 Å². The Labute approximate surface area is 154 Å². The Morgan fingerprint density at radius 1 is 0.640 bits per heavy atom. The average molecular weight is 336 g/mol. The summed E-state index contributed by atoms with van der Waals surface area (Å²) in [6.07, 6.45) is 11.2. The summed E-state index contributed by atoms with van der Waals surface area (Å²) in [6, 6.07) is 21.7. The van der Waals surface area contributed by atoms with Crippen LogP contribution in [0.1, 0.15) is 56.1 Å². The van der Waals surface area contributed by atoms with Crippen molar-refractivity contribution in [2.24, 2.45) is 0 Å². The minimum atomic E-state index is 1.04. The van der Waals surface area contributed by atoms with Crippen LogP contribution < -0.4 is 0 Å². The second-order valence-corrected chi connectivity index (χ2v) is 6.88. The van der Waals surface area contributed by atoms with E-state index >= 15 is 0 Å². The molecule has 0 saturated heterocycles. The van der Waals surface area contributed by atoms with Crippen molar-refractivity contribution < 1.29 is 0 Å². The van der Waals surface area contributed by atoms with Crippen LogP contribution in [0.25, 0.3) is 0 Å². The number of unbranched alkanes of at least 4 members (excludes halogenated alkanes) is 6. The SMILES string of the molecule is C=CCCCCCCCCN(Cc1ccccc1)Cc1ccccc1. The van der Waals surface area contributed by atoms with Crippen molar-refractivity contribution in [1.29, 1.82) is 0 Å². The fourth-order valence-corrected chi connectivity index (χ4v) is 3.23. The maximum Gasteiger partial charge on any atom is 0.0237 e. The number of allylic oxidation sites excluding steroid dienone is 1. The van der Waals surface area contributed by atoms with E-state index in [0.717, 1.165) is 13.1 Å². The zero-order chi connectivity index (χ0) is 17.6. The van der Waals surface area contributed by atoms with Crippen LogP contribution in [0.4, 0.5) is 0 Å². The molecule has 0 aliphatic heterocycles. The van der Waals surface area contributed by atoms with Gasteiger partial charge in [0.1, 0.15) is 0 Å². The van der Waals surface area contributed by atoms with Gasteiger partial charge in [0.2, 0.25) is 0 Å². The molecule has 0 aliphatic rings. The van der Waals surface area contributed by atoms with Crippen molar-refractivity contribution in [3.63, 3.8) is 0 Å². The monoisotopic (exact) mass is 335 g/mol. The van der Waals surface area contributed by atoms with Gasteiger partial charge in [-0.2, -0.15) is 0 Å². The highest BCUT2D eigenvalue weighted by Crippen LogP contribution is 2.13. The van der Waals surface area contributed by atoms with Crippen LogP contribution in [0.2, 0.25) is 0 Å². The molecule has 25 heavy (non-hydrogen) atoms. The first-order chi connectivity index (χ1) is 12.4. The molecule has 2 rings (SSSR count). The summed E-state index contributed by atoms with van der Waals surface area (Å²) in [7, 11) is 0. The van der Waals surface area contributed by atoms with Gasteiger partial charge in [0.05, 0.1) is 0 Å². The van der Waals surface area contributed by atoms with Gasteiger partial charge in [-0.3, -0.25) is 4.90 Å². The summed E-state index contributed by atoms with van der Waals surface area (Å²) >= 11 is 0. The van der Waals surface area contributed by atoms with Crippen molar-refractivity contribution in [3.05, 3.63) is 84.4 Å². The normalized spacial score (nSPS) is 10.9. The summed E-state index contributed by atoms with van der Waals surface area (Å²) in [6.45, 7) is 7.04. The second kappa shape index (κ2) is 12.5. The highest BCUT2D eigenvalue weighted by Gasteiger charge is 2.07. The Morgan fingerprint density at radius 3 is 1.64 bits per heavy atom. The molecule has 0 aromatic heterocycles. The van der Waals surface area contributed by atoms with Gasteiger partial charge in [0.25, 0.3) is 0 Å². The van der Waals surface area contributed by atoms with Crippen LogP contribution >= 0.6 is 0 Å². The molecule has 1 nitrogen and oxygen atoms in total. The molecule has 0 bridgehead atoms. The van der Waals surface area contributed by atoms with Gasteiger partial charge >= 0.3 is 0 Å². The molecule has 0 spiro atoms. The van der Waals surface area contributed by atoms with Crippen molar-refractivity contribution in [2.45, 2.75) is 58.0 Å². The predicted octanol–water partition coefficient (Wildman–Crippen LogP) is 6.61. The van der Waals surface area contributed by atoms with Crippen molar-refractivity contribution in [1.82, 2.24) is 4.90 Å². The average Bonchev–Trinajstić information content (AvgIpc) is 2.65. The topological polar surface area (TPSA) is 3.24 Å². The lowest BCUT2D eigenvalue weighted by Gasteiger charge is -2.22. The van der Waals surface area contributed by atoms with E-state index in [2.05, 4.69) is 72.1 Å². The van der Waals surface area contributed by atoms with E-state index in [0.29, 0.717) is 0 Å². The Kier molecular flexibility index (Phi) is 9.73. The number of benzene rings is 2. The summed E-state index contributed by atoms with van der Waals surface area (Å²) in [5.74, 6) is 0. The first-order valence-electron chi connectivity index (χ1n) is 9.79. The number of nitrogens with zero attached hydrogens (tertiary/aromatic N) is 1. The zero-order valence-corrected chi connectivity index (χ0v) is 15.6. The maximum atomic E-state index is 3.79. The van der Waals surface area contributed by atoms with E-state index in [9.17, 15) is 0 Å². The fraction of sp³-hybridized carbons (Fsp3) is 0.417. The summed E-state index contributed by atoms with van der Waals surface area (Å²) in [5.41, 5.74) is 2.81. The van der Waals surface area contributed by atoms with Crippen LogP contribution in [0, 0.1) is 0 Å². The third-order valence-corrected chi connectivity index (χ3v) is 4.63. The quantitative estimate of drug-likeness (QED) is 0.294. The molecule has 0 saturated carbocycles. The van der Waals surface area contributed by atoms with Crippen LogP contribution in [-0.4, -0.2) is 11.4 Å². The molecular weight excluding hydrogens is 302 g/mol. The van der Waals surface area contributed by atoms with Crippen LogP contribution in [-0.2, 0) is 13.1 Å². The van der Waals surface area contributed by atoms with Gasteiger partial charge in [-0.15, -0.1) is 6.58 Å². The highest BCUT2D eigenvalue weighted by atomic mass is 15.1. The van der Waals surface area contributed by atoms with Crippen LogP contribution in [0.5, 0.6) is 0 Å². The standard InChI is InChI=1S/C24H33N/c1-2-3-4-5-6-7-8-15-20-25(21-23-16-11-9-12-17-23)22-24-18-13-10-14-19-24/h2,9-14,16-19H,1,3-8,15,20-22H2. The summed E-state index contributed by atoms with van der Waals surface area (Å²) < 4.78 is 0. The molecule has 0 fully saturated rings. The highest BCUT2D eigenvalue weighted by molar-refractivity contribution is 5.17. The zero-order valence-electron chi connectivity index (χ0n) is 15.6. The van der Waals surface area contributed by atoms with Gasteiger partial charge in [0, 0.05) is 13.1 Å². The molecule has 134 valence electrons. The minimum Gasteiger partial charge on any atom is -0.295 e. The summed E-state index contributed by atoms with van der Waals surface area (Å²) in [5, 5.41) is 0. The molecule has 0 aliphatic carbocycles. The lowest BCUT2D eigenvalue weighted by molar-refractivity contribution is 0.250. The number of hydrogen-bond acceptors (Lipinski definition) is 1. The van der Waals surface area contributed by atoms with E-state index < -0.39 is 0 Å². The predicted molar refractivity (Wildman–Crippen MR) is 110 cm³/mol. The fourth-order valence-electron chi connectivity index (χ4n) is 3.23. The summed E-state index contributed by atoms with van der Waals surface area (Å²) in [4.78, 5) is 2.59. The molecule has 0 atom stereocenters. The molecule has 0 radical (unpaired) electrons. The Morgan fingerprint density at radius 2 is 1.12 bits per heavy atom. The lowest BCUT2D eigenvalue weighted by Crippen LogP contribution is -2.24. The second-order valence-electron chi connectivity index (χ2n) is 6.88. The first-order valence-corrected chi connectivity index (χ1v) is 9.79. The van der Waals surface area contributed by atoms with Crippen LogP contribution in [0.15, 0.2) is 73.3 Å². The molecule has 0 N–H and O–H groups in total. The molecule has 2 aromatic rings. The van der Waals surface area contributed by atoms with E-state index in [1.807, 2.05) is 6.08 Å². The molecule has 0 unspecified atom stereocenters. The Hall–Kier alpha value is -1.86. The first kappa shape index (κ1) is 19.5. The van der Waals surface area contributed by atoms with Crippen molar-refractivity contribution in [2.75, 3.05) is 6.54 Å². The smallest absolute Gasteiger partial charge is 0.0237 e. The third kappa shape index (κ3) is 8.69. The number of hydrogen-bond donors (Lipinski definition) is 0. The Balaban J connectivity index is 1.75. The van der Waals surface area contributed by atoms with Crippen molar-refractivity contribution >= 4 is 0 Å². The van der Waals surface area contributed by atoms with E-state index in [1.165, 1.54) is 62.6 Å². The Bertz CT molecular complexity index is 520. The lowest BCUT2D eigenvalue weighted by atomic mass is 10.1. The maximum absolute atomic E-state index is 3.79. The molecule has 0 amide bonds. The van der Waals surface area contributed by atoms with E-state index in [4.69, 9.17) is 0 Å². The van der Waals surface area contributed by atoms with Gasteiger partial charge in [-0.25, -0.2) is 0 Å². The van der Waals surface area contributed by atoms with Gasteiger partial charge in [-0.05, 0) is 36.9 Å². The van der Waals surface area contributed by atoms with Crippen LogP contribution in [0.3, 0.4) is 0 Å². The van der Waals surface area contributed by atoms with Gasteiger partial charge in [0.15, 0.2) is 0 Å². The number of rotatable bonds is 13. The largest absolute Gasteiger partial charge is 0.295 e.